The Kier molecular flexibility index (Phi) is 5.11. The molecule has 0 unspecified atom stereocenters. The Hall–Kier alpha value is -3.71. The summed E-state index contributed by atoms with van der Waals surface area (Å²) in [5.41, 5.74) is 10.7. The lowest BCUT2D eigenvalue weighted by Crippen LogP contribution is -2.33. The van der Waals surface area contributed by atoms with Crippen LogP contribution in [0, 0.1) is 0 Å². The van der Waals surface area contributed by atoms with E-state index in [4.69, 9.17) is 10.5 Å². The van der Waals surface area contributed by atoms with Crippen LogP contribution in [0.5, 0.6) is 0 Å². The molecule has 6 N–H and O–H groups in total. The van der Waals surface area contributed by atoms with Crippen molar-refractivity contribution < 1.29 is 20.1 Å². The Labute approximate surface area is 181 Å². The largest absolute Gasteiger partial charge is 0.394 e. The topological polar surface area (TPSA) is 177 Å². The first-order valence-electron chi connectivity index (χ1n) is 9.82. The van der Waals surface area contributed by atoms with E-state index >= 15 is 0 Å². The molecule has 12 nitrogen and oxygen atoms in total. The van der Waals surface area contributed by atoms with E-state index in [-0.39, 0.29) is 22.9 Å². The second-order valence-electron chi connectivity index (χ2n) is 7.26. The van der Waals surface area contributed by atoms with Crippen LogP contribution in [0.4, 0.5) is 11.8 Å². The van der Waals surface area contributed by atoms with Crippen molar-refractivity contribution in [2.45, 2.75) is 24.5 Å². The Morgan fingerprint density at radius 1 is 1.12 bits per heavy atom. The van der Waals surface area contributed by atoms with Gasteiger partial charge in [-0.25, -0.2) is 25.4 Å². The maximum atomic E-state index is 10.5. The molecule has 4 aromatic rings. The number of benzene rings is 1. The first-order chi connectivity index (χ1) is 15.6. The monoisotopic (exact) mass is 436 g/mol. The number of ether oxygens (including phenoxy) is 1. The minimum Gasteiger partial charge on any atom is -0.394 e. The summed E-state index contributed by atoms with van der Waals surface area (Å²) in [4.78, 5) is 17.0. The van der Waals surface area contributed by atoms with E-state index in [1.807, 2.05) is 36.4 Å². The quantitative estimate of drug-likeness (QED) is 0.212. The smallest absolute Gasteiger partial charge is 0.228 e. The van der Waals surface area contributed by atoms with Crippen molar-refractivity contribution in [2.24, 2.45) is 5.10 Å². The first kappa shape index (κ1) is 20.2. The molecule has 1 aliphatic heterocycles. The standard InChI is InChI=1S/C20H20N8O4/c21-17-14-18(23-9-22-17)28(19-16(31)15(30)13(8-29)32-19)20(26-14)27-24-7-11-6-5-10-3-1-2-4-12(10)25-11/h1-7,9,13,15-16,19,29-31H,8H2,(H,26,27)(H2,21,22,23)/t13-,15-,16-,19-/m0/s1. The highest BCUT2D eigenvalue weighted by Gasteiger charge is 2.45. The molecule has 32 heavy (non-hydrogen) atoms. The van der Waals surface area contributed by atoms with E-state index in [9.17, 15) is 15.3 Å². The molecule has 0 amide bonds. The fourth-order valence-electron chi connectivity index (χ4n) is 3.65. The number of pyridine rings is 1. The van der Waals surface area contributed by atoms with Crippen LogP contribution in [0.15, 0.2) is 47.8 Å². The molecule has 4 heterocycles. The molecule has 5 rings (SSSR count). The maximum absolute atomic E-state index is 10.5. The molecule has 0 bridgehead atoms. The van der Waals surface area contributed by atoms with E-state index in [1.165, 1.54) is 17.1 Å². The van der Waals surface area contributed by atoms with Gasteiger partial charge in [0, 0.05) is 5.39 Å². The van der Waals surface area contributed by atoms with Gasteiger partial charge in [-0.1, -0.05) is 24.3 Å². The average Bonchev–Trinajstić information content (AvgIpc) is 3.31. The van der Waals surface area contributed by atoms with Gasteiger partial charge in [0.05, 0.1) is 24.0 Å². The summed E-state index contributed by atoms with van der Waals surface area (Å²) in [5.74, 6) is 0.280. The van der Waals surface area contributed by atoms with E-state index in [0.717, 1.165) is 10.9 Å². The van der Waals surface area contributed by atoms with Crippen molar-refractivity contribution in [3.8, 4) is 0 Å². The highest BCUT2D eigenvalue weighted by molar-refractivity contribution is 5.86. The van der Waals surface area contributed by atoms with Crippen LogP contribution in [-0.4, -0.2) is 71.0 Å². The van der Waals surface area contributed by atoms with Gasteiger partial charge in [-0.15, -0.1) is 0 Å². The molecule has 12 heteroatoms. The van der Waals surface area contributed by atoms with Crippen molar-refractivity contribution in [2.75, 3.05) is 17.8 Å². The molecular formula is C20H20N8O4. The van der Waals surface area contributed by atoms with Gasteiger partial charge in [0.1, 0.15) is 24.6 Å². The number of nitrogens with two attached hydrogens (primary N) is 1. The number of hydrogen-bond acceptors (Lipinski definition) is 11. The second-order valence-corrected chi connectivity index (χ2v) is 7.26. The number of nitrogen functional groups attached to an aromatic ring is 1. The van der Waals surface area contributed by atoms with E-state index in [2.05, 4.69) is 30.5 Å². The van der Waals surface area contributed by atoms with Gasteiger partial charge in [0.15, 0.2) is 23.2 Å². The zero-order valence-corrected chi connectivity index (χ0v) is 16.6. The highest BCUT2D eigenvalue weighted by atomic mass is 16.6. The van der Waals surface area contributed by atoms with Crippen molar-refractivity contribution in [3.63, 3.8) is 0 Å². The summed E-state index contributed by atoms with van der Waals surface area (Å²) in [5, 5.41) is 35.3. The molecule has 1 aromatic carbocycles. The van der Waals surface area contributed by atoms with Gasteiger partial charge in [-0.3, -0.25) is 4.57 Å². The fourth-order valence-corrected chi connectivity index (χ4v) is 3.65. The maximum Gasteiger partial charge on any atom is 0.228 e. The third-order valence-corrected chi connectivity index (χ3v) is 5.26. The minimum absolute atomic E-state index is 0.128. The number of aliphatic hydroxyl groups is 3. The summed E-state index contributed by atoms with van der Waals surface area (Å²) in [6.07, 6.45) is -1.92. The normalized spacial score (nSPS) is 23.5. The van der Waals surface area contributed by atoms with Crippen LogP contribution in [0.1, 0.15) is 11.9 Å². The molecule has 1 fully saturated rings. The van der Waals surface area contributed by atoms with Gasteiger partial charge in [-0.2, -0.15) is 5.10 Å². The third-order valence-electron chi connectivity index (χ3n) is 5.26. The SMILES string of the molecule is Nc1ncnc2c1nc(NN=Cc1ccc3ccccc3n1)n2[C@H]1O[C@@H](CO)[C@H](O)[C@@H]1O. The Balaban J connectivity index is 1.50. The molecule has 0 spiro atoms. The second kappa shape index (κ2) is 8.09. The number of anilines is 2. The number of aliphatic hydroxyl groups excluding tert-OH is 3. The number of imidazole rings is 1. The average molecular weight is 436 g/mol. The van der Waals surface area contributed by atoms with Crippen molar-refractivity contribution in [1.29, 1.82) is 0 Å². The lowest BCUT2D eigenvalue weighted by molar-refractivity contribution is -0.0501. The van der Waals surface area contributed by atoms with Gasteiger partial charge >= 0.3 is 0 Å². The van der Waals surface area contributed by atoms with Gasteiger partial charge < -0.3 is 25.8 Å². The first-order valence-corrected chi connectivity index (χ1v) is 9.82. The van der Waals surface area contributed by atoms with Gasteiger partial charge in [-0.05, 0) is 12.1 Å². The Bertz CT molecular complexity index is 1310. The van der Waals surface area contributed by atoms with Crippen LogP contribution in [-0.2, 0) is 4.74 Å². The molecule has 1 aliphatic rings. The summed E-state index contributed by atoms with van der Waals surface area (Å²) >= 11 is 0. The zero-order valence-electron chi connectivity index (χ0n) is 16.6. The van der Waals surface area contributed by atoms with E-state index < -0.39 is 31.1 Å². The zero-order chi connectivity index (χ0) is 22.2. The van der Waals surface area contributed by atoms with Crippen LogP contribution in [0.3, 0.4) is 0 Å². The number of hydrogen-bond donors (Lipinski definition) is 5. The summed E-state index contributed by atoms with van der Waals surface area (Å²) in [6, 6.07) is 11.5. The predicted molar refractivity (Wildman–Crippen MR) is 116 cm³/mol. The molecule has 1 saturated heterocycles. The minimum atomic E-state index is -1.34. The van der Waals surface area contributed by atoms with Gasteiger partial charge in [0.25, 0.3) is 0 Å². The fraction of sp³-hybridized carbons (Fsp3) is 0.250. The third kappa shape index (κ3) is 3.40. The number of rotatable bonds is 5. The number of nitrogens with one attached hydrogen (secondary N) is 1. The summed E-state index contributed by atoms with van der Waals surface area (Å²) < 4.78 is 7.07. The predicted octanol–water partition coefficient (Wildman–Crippen LogP) is 0.0142. The molecule has 4 atom stereocenters. The van der Waals surface area contributed by atoms with Crippen LogP contribution < -0.4 is 11.2 Å². The van der Waals surface area contributed by atoms with Gasteiger partial charge in [0.2, 0.25) is 5.95 Å². The lowest BCUT2D eigenvalue weighted by atomic mass is 10.1. The summed E-state index contributed by atoms with van der Waals surface area (Å²) in [7, 11) is 0. The van der Waals surface area contributed by atoms with Crippen LogP contribution >= 0.6 is 0 Å². The number of para-hydroxylation sites is 1. The van der Waals surface area contributed by atoms with Crippen molar-refractivity contribution >= 4 is 40.0 Å². The van der Waals surface area contributed by atoms with Crippen molar-refractivity contribution in [1.82, 2.24) is 24.5 Å². The van der Waals surface area contributed by atoms with E-state index in [1.54, 1.807) is 0 Å². The summed E-state index contributed by atoms with van der Waals surface area (Å²) in [6.45, 7) is -0.465. The molecule has 0 saturated carbocycles. The number of hydrazone groups is 1. The molecule has 3 aromatic heterocycles. The molecule has 0 aliphatic carbocycles. The van der Waals surface area contributed by atoms with E-state index in [0.29, 0.717) is 5.69 Å². The van der Waals surface area contributed by atoms with Crippen LogP contribution in [0.2, 0.25) is 0 Å². The Morgan fingerprint density at radius 3 is 2.78 bits per heavy atom. The highest BCUT2D eigenvalue weighted by Crippen LogP contribution is 2.35. The molecule has 164 valence electrons. The Morgan fingerprint density at radius 2 is 1.97 bits per heavy atom. The lowest BCUT2D eigenvalue weighted by Gasteiger charge is -2.18. The van der Waals surface area contributed by atoms with Crippen molar-refractivity contribution in [3.05, 3.63) is 48.4 Å². The molecular weight excluding hydrogens is 416 g/mol. The number of fused-ring (bicyclic) bond motifs is 2. The number of aromatic nitrogens is 5. The molecule has 0 radical (unpaired) electrons. The number of nitrogens with zero attached hydrogens (tertiary/aromatic N) is 6. The van der Waals surface area contributed by atoms with Crippen LogP contribution in [0.25, 0.3) is 22.1 Å².